The Morgan fingerprint density at radius 1 is 1.30 bits per heavy atom. The van der Waals surface area contributed by atoms with Crippen LogP contribution in [-0.2, 0) is 14.9 Å². The fourth-order valence-electron chi connectivity index (χ4n) is 1.86. The number of ether oxygens (including phenoxy) is 1. The lowest BCUT2D eigenvalue weighted by atomic mass is 10.0. The predicted molar refractivity (Wildman–Crippen MR) is 103 cm³/mol. The van der Waals surface area contributed by atoms with Crippen LogP contribution in [0.3, 0.4) is 0 Å². The van der Waals surface area contributed by atoms with Gasteiger partial charge >= 0.3 is 0 Å². The second-order valence-corrected chi connectivity index (χ2v) is 6.64. The van der Waals surface area contributed by atoms with Crippen molar-refractivity contribution in [1.29, 1.82) is 5.41 Å². The van der Waals surface area contributed by atoms with Crippen LogP contribution >= 0.6 is 0 Å². The quantitative estimate of drug-likeness (QED) is 0.263. The van der Waals surface area contributed by atoms with Crippen molar-refractivity contribution in [3.8, 4) is 5.75 Å². The van der Waals surface area contributed by atoms with E-state index in [1.165, 1.54) is 0 Å². The van der Waals surface area contributed by atoms with E-state index >= 15 is 0 Å². The van der Waals surface area contributed by atoms with E-state index in [2.05, 4.69) is 10.3 Å². The summed E-state index contributed by atoms with van der Waals surface area (Å²) in [6.45, 7) is 0. The van der Waals surface area contributed by atoms with Gasteiger partial charge in [0.2, 0.25) is 0 Å². The minimum atomic E-state index is -3.67. The second-order valence-electron chi connectivity index (χ2n) is 5.17. The standard InChI is InChI=1S/C16H16N4O2.CH4O3S/c1-22-13-6-4-11(5-7-13)9-14(15(21)20-16(17)18)12-3-2-8-19-10-12;1-5(2,3)4/h2-10H,1H3,(H4,17,18,20,21);1H3,(H,2,3,4)/b14-9+;. The first-order chi connectivity index (χ1) is 12.6. The number of methoxy groups -OCH3 is 1. The molecule has 0 aliphatic carbocycles. The summed E-state index contributed by atoms with van der Waals surface area (Å²) in [6, 6.07) is 10.8. The van der Waals surface area contributed by atoms with Crippen LogP contribution in [0.4, 0.5) is 0 Å². The zero-order valence-corrected chi connectivity index (χ0v) is 15.5. The Labute approximate surface area is 157 Å². The minimum absolute atomic E-state index is 0.369. The number of pyridine rings is 1. The van der Waals surface area contributed by atoms with Gasteiger partial charge in [-0.15, -0.1) is 0 Å². The van der Waals surface area contributed by atoms with Gasteiger partial charge in [0.15, 0.2) is 5.96 Å². The Kier molecular flexibility index (Phi) is 8.11. The lowest BCUT2D eigenvalue weighted by Crippen LogP contribution is -2.36. The highest BCUT2D eigenvalue weighted by Crippen LogP contribution is 2.19. The zero-order valence-electron chi connectivity index (χ0n) is 14.7. The van der Waals surface area contributed by atoms with Crippen LogP contribution in [0.25, 0.3) is 11.6 Å². The van der Waals surface area contributed by atoms with Crippen LogP contribution in [-0.4, -0.2) is 43.2 Å². The van der Waals surface area contributed by atoms with E-state index in [9.17, 15) is 13.2 Å². The number of hydrogen-bond donors (Lipinski definition) is 4. The number of nitrogens with zero attached hydrogens (tertiary/aromatic N) is 1. The summed E-state index contributed by atoms with van der Waals surface area (Å²) in [5.41, 5.74) is 7.06. The van der Waals surface area contributed by atoms with Crippen LogP contribution in [0, 0.1) is 5.41 Å². The number of hydrogen-bond acceptors (Lipinski definition) is 6. The molecule has 0 atom stereocenters. The van der Waals surface area contributed by atoms with Crippen molar-refractivity contribution in [2.24, 2.45) is 5.73 Å². The number of benzene rings is 1. The predicted octanol–water partition coefficient (Wildman–Crippen LogP) is 1.14. The Hall–Kier alpha value is -3.24. The van der Waals surface area contributed by atoms with E-state index < -0.39 is 22.0 Å². The highest BCUT2D eigenvalue weighted by molar-refractivity contribution is 7.85. The van der Waals surface area contributed by atoms with Gasteiger partial charge in [0.05, 0.1) is 13.4 Å². The highest BCUT2D eigenvalue weighted by Gasteiger charge is 2.13. The average molecular weight is 392 g/mol. The van der Waals surface area contributed by atoms with Gasteiger partial charge < -0.3 is 10.5 Å². The van der Waals surface area contributed by atoms with Gasteiger partial charge in [-0.05, 0) is 29.8 Å². The first-order valence-corrected chi connectivity index (χ1v) is 9.29. The third-order valence-corrected chi connectivity index (χ3v) is 2.89. The molecular formula is C17H20N4O5S. The molecule has 0 saturated heterocycles. The summed E-state index contributed by atoms with van der Waals surface area (Å²) in [6.07, 6.45) is 5.62. The maximum absolute atomic E-state index is 12.2. The van der Waals surface area contributed by atoms with Gasteiger partial charge in [-0.25, -0.2) is 0 Å². The first-order valence-electron chi connectivity index (χ1n) is 7.44. The third-order valence-electron chi connectivity index (χ3n) is 2.89. The summed E-state index contributed by atoms with van der Waals surface area (Å²) < 4.78 is 31.0. The van der Waals surface area contributed by atoms with Crippen molar-refractivity contribution in [3.63, 3.8) is 0 Å². The van der Waals surface area contributed by atoms with Gasteiger partial charge in [-0.2, -0.15) is 8.42 Å². The number of nitrogens with two attached hydrogens (primary N) is 1. The molecule has 1 amide bonds. The van der Waals surface area contributed by atoms with Gasteiger partial charge in [0.25, 0.3) is 16.0 Å². The molecule has 1 aromatic carbocycles. The van der Waals surface area contributed by atoms with Crippen LogP contribution in [0.5, 0.6) is 5.75 Å². The van der Waals surface area contributed by atoms with Crippen LogP contribution < -0.4 is 15.8 Å². The van der Waals surface area contributed by atoms with E-state index in [1.54, 1.807) is 49.8 Å². The summed E-state index contributed by atoms with van der Waals surface area (Å²) >= 11 is 0. The van der Waals surface area contributed by atoms with Crippen molar-refractivity contribution < 1.29 is 22.5 Å². The van der Waals surface area contributed by atoms with Gasteiger partial charge in [0, 0.05) is 23.5 Å². The normalized spacial score (nSPS) is 11.0. The molecule has 5 N–H and O–H groups in total. The Bertz CT molecular complexity index is 902. The first kappa shape index (κ1) is 21.8. The topological polar surface area (TPSA) is 155 Å². The lowest BCUT2D eigenvalue weighted by Gasteiger charge is -2.08. The Morgan fingerprint density at radius 3 is 2.33 bits per heavy atom. The maximum Gasteiger partial charge on any atom is 0.261 e. The molecule has 0 fully saturated rings. The van der Waals surface area contributed by atoms with Crippen molar-refractivity contribution in [3.05, 3.63) is 59.9 Å². The fourth-order valence-corrected chi connectivity index (χ4v) is 1.86. The molecule has 2 rings (SSSR count). The SMILES string of the molecule is COc1ccc(/C=C(/C(=O)NC(=N)N)c2cccnc2)cc1.CS(=O)(=O)O. The third kappa shape index (κ3) is 9.14. The van der Waals surface area contributed by atoms with Gasteiger partial charge in [-0.1, -0.05) is 18.2 Å². The highest BCUT2D eigenvalue weighted by atomic mass is 32.2. The number of amides is 1. The van der Waals surface area contributed by atoms with Crippen molar-refractivity contribution in [1.82, 2.24) is 10.3 Å². The number of nitrogens with one attached hydrogen (secondary N) is 2. The van der Waals surface area contributed by atoms with Crippen LogP contribution in [0.1, 0.15) is 11.1 Å². The maximum atomic E-state index is 12.2. The summed E-state index contributed by atoms with van der Waals surface area (Å²) in [5, 5.41) is 9.49. The van der Waals surface area contributed by atoms with E-state index in [1.807, 2.05) is 12.1 Å². The molecule has 27 heavy (non-hydrogen) atoms. The van der Waals surface area contributed by atoms with Gasteiger partial charge in [-0.3, -0.25) is 25.1 Å². The van der Waals surface area contributed by atoms with E-state index in [0.717, 1.165) is 11.3 Å². The lowest BCUT2D eigenvalue weighted by molar-refractivity contribution is -0.114. The van der Waals surface area contributed by atoms with Crippen molar-refractivity contribution in [2.75, 3.05) is 13.4 Å². The Balaban J connectivity index is 0.000000646. The van der Waals surface area contributed by atoms with Crippen molar-refractivity contribution >= 4 is 33.6 Å². The molecule has 0 spiro atoms. The molecule has 0 saturated carbocycles. The molecular weight excluding hydrogens is 372 g/mol. The molecule has 0 unspecified atom stereocenters. The zero-order chi connectivity index (χ0) is 20.4. The smallest absolute Gasteiger partial charge is 0.261 e. The average Bonchev–Trinajstić information content (AvgIpc) is 2.59. The fraction of sp³-hybridized carbons (Fsp3) is 0.118. The molecule has 0 bridgehead atoms. The van der Waals surface area contributed by atoms with Crippen LogP contribution in [0.2, 0.25) is 0 Å². The monoisotopic (exact) mass is 392 g/mol. The van der Waals surface area contributed by atoms with Crippen molar-refractivity contribution in [2.45, 2.75) is 0 Å². The largest absolute Gasteiger partial charge is 0.497 e. The second kappa shape index (κ2) is 10.0. The van der Waals surface area contributed by atoms with Crippen LogP contribution in [0.15, 0.2) is 48.8 Å². The summed E-state index contributed by atoms with van der Waals surface area (Å²) in [4.78, 5) is 16.2. The molecule has 0 radical (unpaired) electrons. The number of rotatable bonds is 4. The molecule has 0 aliphatic rings. The summed E-state index contributed by atoms with van der Waals surface area (Å²) in [5.74, 6) is -0.140. The van der Waals surface area contributed by atoms with E-state index in [4.69, 9.17) is 20.4 Å². The molecule has 9 nitrogen and oxygen atoms in total. The van der Waals surface area contributed by atoms with E-state index in [0.29, 0.717) is 17.4 Å². The molecule has 2 aromatic rings. The molecule has 1 aromatic heterocycles. The number of aromatic nitrogens is 1. The molecule has 144 valence electrons. The minimum Gasteiger partial charge on any atom is -0.497 e. The van der Waals surface area contributed by atoms with Gasteiger partial charge in [0.1, 0.15) is 5.75 Å². The summed E-state index contributed by atoms with van der Waals surface area (Å²) in [7, 11) is -2.08. The molecule has 0 aliphatic heterocycles. The number of carbonyl (C=O) groups excluding carboxylic acids is 1. The van der Waals surface area contributed by atoms with E-state index in [-0.39, 0.29) is 0 Å². The number of guanidine groups is 1. The number of carbonyl (C=O) groups is 1. The molecule has 10 heteroatoms. The Morgan fingerprint density at radius 2 is 1.89 bits per heavy atom. The molecule has 1 heterocycles.